The first-order chi connectivity index (χ1) is 9.90. The third kappa shape index (κ3) is 2.15. The summed E-state index contributed by atoms with van der Waals surface area (Å²) in [4.78, 5) is 11.0. The maximum atomic E-state index is 11.4. The highest BCUT2D eigenvalue weighted by Crippen LogP contribution is 2.39. The second-order valence-electron chi connectivity index (χ2n) is 5.20. The molecule has 1 heterocycles. The largest absolute Gasteiger partial charge is 0.332 e. The minimum Gasteiger partial charge on any atom is -0.332 e. The van der Waals surface area contributed by atoms with Crippen LogP contribution in [0.4, 0.5) is 5.69 Å². The molecule has 0 amide bonds. The van der Waals surface area contributed by atoms with Gasteiger partial charge in [0.25, 0.3) is 5.69 Å². The quantitative estimate of drug-likeness (QED) is 0.456. The molecule has 4 nitrogen and oxygen atoms in total. The minimum absolute atomic E-state index is 0.0125. The lowest BCUT2D eigenvalue weighted by Crippen LogP contribution is -2.02. The van der Waals surface area contributed by atoms with Gasteiger partial charge in [-0.3, -0.25) is 10.1 Å². The van der Waals surface area contributed by atoms with Crippen molar-refractivity contribution in [2.45, 2.75) is 19.9 Å². The lowest BCUT2D eigenvalue weighted by molar-refractivity contribution is -0.383. The Labute approximate surface area is 131 Å². The number of non-ortho nitro benzene ring substituents is 1. The van der Waals surface area contributed by atoms with Gasteiger partial charge < -0.3 is 4.57 Å². The molecule has 21 heavy (non-hydrogen) atoms. The highest BCUT2D eigenvalue weighted by atomic mass is 35.5. The number of halogens is 2. The molecule has 0 bridgehead atoms. The summed E-state index contributed by atoms with van der Waals surface area (Å²) in [6.07, 6.45) is 0. The number of benzene rings is 2. The summed E-state index contributed by atoms with van der Waals surface area (Å²) in [5.74, 6) is 0. The third-order valence-electron chi connectivity index (χ3n) is 3.52. The van der Waals surface area contributed by atoms with E-state index >= 15 is 0 Å². The van der Waals surface area contributed by atoms with E-state index in [-0.39, 0.29) is 11.7 Å². The number of nitro groups is 1. The Morgan fingerprint density at radius 2 is 1.76 bits per heavy atom. The fourth-order valence-electron chi connectivity index (χ4n) is 2.77. The summed E-state index contributed by atoms with van der Waals surface area (Å²) in [5, 5.41) is 14.0. The van der Waals surface area contributed by atoms with Crippen LogP contribution in [0.25, 0.3) is 21.8 Å². The second kappa shape index (κ2) is 4.90. The highest BCUT2D eigenvalue weighted by molar-refractivity contribution is 6.33. The highest BCUT2D eigenvalue weighted by Gasteiger charge is 2.22. The number of nitrogens with zero attached hydrogens (tertiary/aromatic N) is 2. The van der Waals surface area contributed by atoms with Crippen LogP contribution in [0, 0.1) is 10.1 Å². The Bertz CT molecular complexity index is 884. The zero-order valence-corrected chi connectivity index (χ0v) is 12.9. The van der Waals surface area contributed by atoms with Crippen LogP contribution in [-0.4, -0.2) is 9.49 Å². The summed E-state index contributed by atoms with van der Waals surface area (Å²) in [5.41, 5.74) is 1.50. The van der Waals surface area contributed by atoms with E-state index in [4.69, 9.17) is 23.2 Å². The lowest BCUT2D eigenvalue weighted by atomic mass is 10.1. The maximum absolute atomic E-state index is 11.4. The molecule has 0 saturated heterocycles. The van der Waals surface area contributed by atoms with Crippen molar-refractivity contribution >= 4 is 50.7 Å². The Morgan fingerprint density at radius 1 is 1.10 bits per heavy atom. The molecule has 0 aliphatic rings. The number of rotatable bonds is 2. The predicted octanol–water partition coefficient (Wildman–Crippen LogP) is 5.59. The predicted molar refractivity (Wildman–Crippen MR) is 86.5 cm³/mol. The standard InChI is InChI=1S/C15H12Cl2N2O2/c1-8(2)18-13-4-3-9(16)5-11(13)12-6-10(17)7-14(15(12)18)19(20)21/h3-8H,1-2H3. The molecule has 1 aromatic heterocycles. The molecular formula is C15H12Cl2N2O2. The Kier molecular flexibility index (Phi) is 3.30. The van der Waals surface area contributed by atoms with Crippen molar-refractivity contribution in [2.24, 2.45) is 0 Å². The van der Waals surface area contributed by atoms with Gasteiger partial charge in [-0.2, -0.15) is 0 Å². The molecule has 0 radical (unpaired) electrons. The molecule has 0 saturated carbocycles. The molecule has 2 aromatic carbocycles. The van der Waals surface area contributed by atoms with Crippen molar-refractivity contribution in [3.8, 4) is 0 Å². The molecule has 3 aromatic rings. The van der Waals surface area contributed by atoms with E-state index in [2.05, 4.69) is 0 Å². The summed E-state index contributed by atoms with van der Waals surface area (Å²) in [7, 11) is 0. The number of aromatic nitrogens is 1. The third-order valence-corrected chi connectivity index (χ3v) is 3.97. The van der Waals surface area contributed by atoms with Gasteiger partial charge in [0.05, 0.1) is 4.92 Å². The molecule has 0 N–H and O–H groups in total. The monoisotopic (exact) mass is 322 g/mol. The number of nitro benzene ring substituents is 1. The number of fused-ring (bicyclic) bond motifs is 3. The fraction of sp³-hybridized carbons (Fsp3) is 0.200. The van der Waals surface area contributed by atoms with Crippen LogP contribution in [0.3, 0.4) is 0 Å². The summed E-state index contributed by atoms with van der Waals surface area (Å²) in [6, 6.07) is 8.71. The average molecular weight is 323 g/mol. The zero-order chi connectivity index (χ0) is 15.3. The van der Waals surface area contributed by atoms with Crippen LogP contribution in [0.1, 0.15) is 19.9 Å². The Hall–Kier alpha value is -1.78. The van der Waals surface area contributed by atoms with Crippen molar-refractivity contribution in [1.82, 2.24) is 4.57 Å². The molecule has 108 valence electrons. The second-order valence-corrected chi connectivity index (χ2v) is 6.08. The van der Waals surface area contributed by atoms with E-state index in [9.17, 15) is 10.1 Å². The van der Waals surface area contributed by atoms with Gasteiger partial charge in [0.15, 0.2) is 0 Å². The van der Waals surface area contributed by atoms with Crippen LogP contribution in [-0.2, 0) is 0 Å². The summed E-state index contributed by atoms with van der Waals surface area (Å²) < 4.78 is 1.95. The molecule has 0 aliphatic heterocycles. The lowest BCUT2D eigenvalue weighted by Gasteiger charge is -2.11. The SMILES string of the molecule is CC(C)n1c2ccc(Cl)cc2c2cc(Cl)cc([N+](=O)[O-])c21. The average Bonchev–Trinajstić information content (AvgIpc) is 2.71. The molecule has 0 fully saturated rings. The van der Waals surface area contributed by atoms with Crippen LogP contribution in [0.2, 0.25) is 10.0 Å². The van der Waals surface area contributed by atoms with E-state index in [0.29, 0.717) is 15.6 Å². The van der Waals surface area contributed by atoms with Gasteiger partial charge in [-0.05, 0) is 38.1 Å². The van der Waals surface area contributed by atoms with Crippen LogP contribution >= 0.6 is 23.2 Å². The zero-order valence-electron chi connectivity index (χ0n) is 11.4. The molecule has 6 heteroatoms. The van der Waals surface area contributed by atoms with Gasteiger partial charge in [0.1, 0.15) is 5.52 Å². The van der Waals surface area contributed by atoms with E-state index in [0.717, 1.165) is 16.3 Å². The van der Waals surface area contributed by atoms with E-state index in [1.807, 2.05) is 30.5 Å². The van der Waals surface area contributed by atoms with Crippen molar-refractivity contribution in [2.75, 3.05) is 0 Å². The summed E-state index contributed by atoms with van der Waals surface area (Å²) in [6.45, 7) is 3.98. The first-order valence-corrected chi connectivity index (χ1v) is 7.23. The van der Waals surface area contributed by atoms with Crippen LogP contribution in [0.15, 0.2) is 30.3 Å². The molecule has 3 rings (SSSR count). The van der Waals surface area contributed by atoms with Crippen molar-refractivity contribution in [3.05, 3.63) is 50.5 Å². The van der Waals surface area contributed by atoms with Crippen molar-refractivity contribution in [1.29, 1.82) is 0 Å². The van der Waals surface area contributed by atoms with Gasteiger partial charge in [-0.15, -0.1) is 0 Å². The number of hydrogen-bond acceptors (Lipinski definition) is 2. The Morgan fingerprint density at radius 3 is 2.38 bits per heavy atom. The van der Waals surface area contributed by atoms with E-state index < -0.39 is 4.92 Å². The van der Waals surface area contributed by atoms with E-state index in [1.165, 1.54) is 6.07 Å². The van der Waals surface area contributed by atoms with Crippen LogP contribution in [0.5, 0.6) is 0 Å². The van der Waals surface area contributed by atoms with Gasteiger partial charge in [0.2, 0.25) is 0 Å². The van der Waals surface area contributed by atoms with Gasteiger partial charge in [-0.25, -0.2) is 0 Å². The fourth-order valence-corrected chi connectivity index (χ4v) is 3.16. The maximum Gasteiger partial charge on any atom is 0.295 e. The van der Waals surface area contributed by atoms with Gasteiger partial charge >= 0.3 is 0 Å². The van der Waals surface area contributed by atoms with E-state index in [1.54, 1.807) is 12.1 Å². The minimum atomic E-state index is -0.395. The van der Waals surface area contributed by atoms with Gasteiger partial charge in [0, 0.05) is 38.4 Å². The van der Waals surface area contributed by atoms with Crippen molar-refractivity contribution in [3.63, 3.8) is 0 Å². The Balaban J connectivity index is 2.63. The van der Waals surface area contributed by atoms with Gasteiger partial charge in [-0.1, -0.05) is 23.2 Å². The number of hydrogen-bond donors (Lipinski definition) is 0. The first kappa shape index (κ1) is 14.2. The molecule has 0 spiro atoms. The van der Waals surface area contributed by atoms with Crippen molar-refractivity contribution < 1.29 is 4.92 Å². The molecule has 0 unspecified atom stereocenters. The normalized spacial score (nSPS) is 11.7. The summed E-state index contributed by atoms with van der Waals surface area (Å²) >= 11 is 12.1. The first-order valence-electron chi connectivity index (χ1n) is 6.47. The molecular weight excluding hydrogens is 311 g/mol. The topological polar surface area (TPSA) is 48.1 Å². The van der Waals surface area contributed by atoms with Crippen LogP contribution < -0.4 is 0 Å². The molecule has 0 atom stereocenters. The smallest absolute Gasteiger partial charge is 0.295 e. The molecule has 0 aliphatic carbocycles.